The second kappa shape index (κ2) is 4.81. The van der Waals surface area contributed by atoms with Crippen molar-refractivity contribution in [2.45, 2.75) is 52.0 Å². The summed E-state index contributed by atoms with van der Waals surface area (Å²) < 4.78 is 2.03. The normalized spacial score (nSPS) is 20.7. The van der Waals surface area contributed by atoms with Crippen LogP contribution in [0.15, 0.2) is 6.07 Å². The van der Waals surface area contributed by atoms with Crippen molar-refractivity contribution < 1.29 is 0 Å². The molecule has 1 N–H and O–H groups in total. The van der Waals surface area contributed by atoms with E-state index in [9.17, 15) is 0 Å². The Bertz CT molecular complexity index is 375. The topological polar surface area (TPSA) is 29.9 Å². The lowest BCUT2D eigenvalue weighted by molar-refractivity contribution is 0.227. The van der Waals surface area contributed by atoms with Gasteiger partial charge in [-0.3, -0.25) is 4.68 Å². The van der Waals surface area contributed by atoms with Crippen molar-refractivity contribution in [3.8, 4) is 0 Å². The number of aryl methyl sites for hydroxylation is 2. The second-order valence-electron chi connectivity index (χ2n) is 5.81. The van der Waals surface area contributed by atoms with Gasteiger partial charge in [-0.2, -0.15) is 5.10 Å². The van der Waals surface area contributed by atoms with Crippen LogP contribution >= 0.6 is 0 Å². The maximum absolute atomic E-state index is 4.44. The molecule has 1 aromatic rings. The van der Waals surface area contributed by atoms with Crippen LogP contribution in [-0.4, -0.2) is 22.9 Å². The molecule has 1 aliphatic carbocycles. The fraction of sp³-hybridized carbons (Fsp3) is 0.786. The zero-order chi connectivity index (χ0) is 12.5. The summed E-state index contributed by atoms with van der Waals surface area (Å²) in [4.78, 5) is 0. The van der Waals surface area contributed by atoms with Gasteiger partial charge >= 0.3 is 0 Å². The highest BCUT2D eigenvalue weighted by Crippen LogP contribution is 2.41. The number of rotatable bonds is 4. The quantitative estimate of drug-likeness (QED) is 0.868. The van der Waals surface area contributed by atoms with E-state index in [4.69, 9.17) is 0 Å². The van der Waals surface area contributed by atoms with E-state index in [1.165, 1.54) is 31.4 Å². The second-order valence-corrected chi connectivity index (χ2v) is 5.81. The Morgan fingerprint density at radius 2 is 2.12 bits per heavy atom. The number of hydrogen-bond acceptors (Lipinski definition) is 2. The molecular weight excluding hydrogens is 210 g/mol. The molecule has 0 amide bonds. The number of nitrogens with zero attached hydrogens (tertiary/aromatic N) is 2. The molecule has 1 unspecified atom stereocenters. The SMILES string of the molecule is CNC(Cc1cc(C)nn1C)C1(C)CCCC1. The zero-order valence-corrected chi connectivity index (χ0v) is 11.6. The van der Waals surface area contributed by atoms with E-state index in [0.29, 0.717) is 11.5 Å². The van der Waals surface area contributed by atoms with E-state index in [-0.39, 0.29) is 0 Å². The van der Waals surface area contributed by atoms with Crippen LogP contribution in [-0.2, 0) is 13.5 Å². The van der Waals surface area contributed by atoms with Gasteiger partial charge in [0.2, 0.25) is 0 Å². The van der Waals surface area contributed by atoms with Crippen molar-refractivity contribution >= 4 is 0 Å². The molecule has 3 heteroatoms. The molecule has 2 rings (SSSR count). The first-order chi connectivity index (χ1) is 8.05. The van der Waals surface area contributed by atoms with Gasteiger partial charge in [0.15, 0.2) is 0 Å². The fourth-order valence-electron chi connectivity index (χ4n) is 3.29. The van der Waals surface area contributed by atoms with E-state index in [1.54, 1.807) is 0 Å². The smallest absolute Gasteiger partial charge is 0.0596 e. The molecular formula is C14H25N3. The molecule has 1 heterocycles. The molecule has 0 saturated heterocycles. The molecule has 0 bridgehead atoms. The Kier molecular flexibility index (Phi) is 3.57. The van der Waals surface area contributed by atoms with Crippen molar-refractivity contribution in [1.29, 1.82) is 0 Å². The first-order valence-electron chi connectivity index (χ1n) is 6.72. The van der Waals surface area contributed by atoms with Crippen molar-refractivity contribution in [2.24, 2.45) is 12.5 Å². The molecule has 0 aromatic carbocycles. The molecule has 0 aliphatic heterocycles. The minimum atomic E-state index is 0.465. The van der Waals surface area contributed by atoms with Crippen LogP contribution in [0.4, 0.5) is 0 Å². The lowest BCUT2D eigenvalue weighted by Gasteiger charge is -2.34. The lowest BCUT2D eigenvalue weighted by atomic mass is 9.78. The van der Waals surface area contributed by atoms with Crippen LogP contribution in [0.5, 0.6) is 0 Å². The van der Waals surface area contributed by atoms with E-state index >= 15 is 0 Å². The highest BCUT2D eigenvalue weighted by atomic mass is 15.3. The average molecular weight is 235 g/mol. The van der Waals surface area contributed by atoms with Gasteiger partial charge in [0.25, 0.3) is 0 Å². The summed E-state index contributed by atoms with van der Waals surface area (Å²) in [6, 6.07) is 2.78. The molecule has 0 spiro atoms. The average Bonchev–Trinajstić information content (AvgIpc) is 2.83. The van der Waals surface area contributed by atoms with E-state index in [1.807, 2.05) is 11.7 Å². The molecule has 1 saturated carbocycles. The third kappa shape index (κ3) is 2.54. The predicted octanol–water partition coefficient (Wildman–Crippen LogP) is 2.44. The van der Waals surface area contributed by atoms with Gasteiger partial charge in [0.1, 0.15) is 0 Å². The fourth-order valence-corrected chi connectivity index (χ4v) is 3.29. The van der Waals surface area contributed by atoms with Crippen LogP contribution in [0.1, 0.15) is 44.0 Å². The van der Waals surface area contributed by atoms with Crippen LogP contribution in [0.25, 0.3) is 0 Å². The van der Waals surface area contributed by atoms with Gasteiger partial charge in [-0.25, -0.2) is 0 Å². The Labute approximate surface area is 105 Å². The first kappa shape index (κ1) is 12.6. The summed E-state index contributed by atoms with van der Waals surface area (Å²) >= 11 is 0. The maximum Gasteiger partial charge on any atom is 0.0596 e. The number of aromatic nitrogens is 2. The number of nitrogens with one attached hydrogen (secondary N) is 1. The van der Waals surface area contributed by atoms with Gasteiger partial charge in [-0.1, -0.05) is 19.8 Å². The molecule has 0 radical (unpaired) electrons. The van der Waals surface area contributed by atoms with Gasteiger partial charge in [-0.15, -0.1) is 0 Å². The van der Waals surface area contributed by atoms with Crippen LogP contribution < -0.4 is 5.32 Å². The van der Waals surface area contributed by atoms with Crippen molar-refractivity contribution in [3.63, 3.8) is 0 Å². The Morgan fingerprint density at radius 3 is 2.59 bits per heavy atom. The summed E-state index contributed by atoms with van der Waals surface area (Å²) in [5.74, 6) is 0. The highest BCUT2D eigenvalue weighted by Gasteiger charge is 2.36. The van der Waals surface area contributed by atoms with Crippen molar-refractivity contribution in [2.75, 3.05) is 7.05 Å². The summed E-state index contributed by atoms with van der Waals surface area (Å²) in [5, 5.41) is 7.96. The first-order valence-corrected chi connectivity index (χ1v) is 6.72. The van der Waals surface area contributed by atoms with Crippen molar-refractivity contribution in [3.05, 3.63) is 17.5 Å². The minimum Gasteiger partial charge on any atom is -0.316 e. The summed E-state index contributed by atoms with van der Waals surface area (Å²) in [6.07, 6.45) is 6.58. The predicted molar refractivity (Wildman–Crippen MR) is 71.1 cm³/mol. The van der Waals surface area contributed by atoms with Gasteiger partial charge in [-0.05, 0) is 38.3 Å². The van der Waals surface area contributed by atoms with E-state index in [0.717, 1.165) is 12.1 Å². The van der Waals surface area contributed by atoms with Crippen LogP contribution in [0, 0.1) is 12.3 Å². The van der Waals surface area contributed by atoms with E-state index in [2.05, 4.69) is 37.4 Å². The molecule has 1 fully saturated rings. The Balaban J connectivity index is 2.12. The third-order valence-corrected chi connectivity index (χ3v) is 4.45. The minimum absolute atomic E-state index is 0.465. The molecule has 1 aromatic heterocycles. The summed E-state index contributed by atoms with van der Waals surface area (Å²) in [5.41, 5.74) is 2.93. The molecule has 3 nitrogen and oxygen atoms in total. The zero-order valence-electron chi connectivity index (χ0n) is 11.6. The molecule has 1 atom stereocenters. The third-order valence-electron chi connectivity index (χ3n) is 4.45. The molecule has 96 valence electrons. The number of likely N-dealkylation sites (N-methyl/N-ethyl adjacent to an activating group) is 1. The van der Waals surface area contributed by atoms with Gasteiger partial charge in [0.05, 0.1) is 5.69 Å². The Morgan fingerprint density at radius 1 is 1.47 bits per heavy atom. The highest BCUT2D eigenvalue weighted by molar-refractivity contribution is 5.11. The maximum atomic E-state index is 4.44. The monoisotopic (exact) mass is 235 g/mol. The molecule has 1 aliphatic rings. The van der Waals surface area contributed by atoms with Gasteiger partial charge < -0.3 is 5.32 Å². The largest absolute Gasteiger partial charge is 0.316 e. The summed E-state index contributed by atoms with van der Waals surface area (Å²) in [7, 11) is 4.14. The van der Waals surface area contributed by atoms with Gasteiger partial charge in [0, 0.05) is 25.2 Å². The standard InChI is InChI=1S/C14H25N3/c1-11-9-12(17(4)16-11)10-13(15-3)14(2)7-5-6-8-14/h9,13,15H,5-8,10H2,1-4H3. The van der Waals surface area contributed by atoms with E-state index < -0.39 is 0 Å². The number of hydrogen-bond donors (Lipinski definition) is 1. The molecule has 17 heavy (non-hydrogen) atoms. The van der Waals surface area contributed by atoms with Crippen molar-refractivity contribution in [1.82, 2.24) is 15.1 Å². The van der Waals surface area contributed by atoms with Crippen LogP contribution in [0.2, 0.25) is 0 Å². The summed E-state index contributed by atoms with van der Waals surface area (Å²) in [6.45, 7) is 4.50. The van der Waals surface area contributed by atoms with Crippen LogP contribution in [0.3, 0.4) is 0 Å². The Hall–Kier alpha value is -0.830. The lowest BCUT2D eigenvalue weighted by Crippen LogP contribution is -2.42.